The molecule has 1 amide bonds. The number of hydrogen-bond donors (Lipinski definition) is 3. The first-order valence-corrected chi connectivity index (χ1v) is 5.84. The van der Waals surface area contributed by atoms with Gasteiger partial charge in [-0.1, -0.05) is 6.92 Å². The number of amides is 1. The van der Waals surface area contributed by atoms with Gasteiger partial charge in [-0.25, -0.2) is 0 Å². The van der Waals surface area contributed by atoms with Crippen LogP contribution in [0.2, 0.25) is 0 Å². The van der Waals surface area contributed by atoms with Crippen molar-refractivity contribution >= 4 is 22.6 Å². The van der Waals surface area contributed by atoms with E-state index < -0.39 is 0 Å². The molecule has 0 radical (unpaired) electrons. The van der Waals surface area contributed by atoms with Crippen LogP contribution >= 0.6 is 0 Å². The summed E-state index contributed by atoms with van der Waals surface area (Å²) in [6, 6.07) is 6.58. The van der Waals surface area contributed by atoms with Gasteiger partial charge in [0.15, 0.2) is 5.76 Å². The second-order valence-corrected chi connectivity index (χ2v) is 4.17. The summed E-state index contributed by atoms with van der Waals surface area (Å²) in [5.74, 6) is -0.104. The summed E-state index contributed by atoms with van der Waals surface area (Å²) < 4.78 is 5.43. The molecule has 0 aliphatic carbocycles. The van der Waals surface area contributed by atoms with Crippen molar-refractivity contribution in [2.24, 2.45) is 0 Å². The van der Waals surface area contributed by atoms with Crippen LogP contribution in [-0.4, -0.2) is 23.7 Å². The summed E-state index contributed by atoms with van der Waals surface area (Å²) in [5.41, 5.74) is 6.90. The number of furan rings is 1. The van der Waals surface area contributed by atoms with Crippen molar-refractivity contribution in [2.45, 2.75) is 19.4 Å². The van der Waals surface area contributed by atoms with Crippen LogP contribution in [0.3, 0.4) is 0 Å². The highest BCUT2D eigenvalue weighted by Gasteiger charge is 2.15. The van der Waals surface area contributed by atoms with Crippen LogP contribution in [0.25, 0.3) is 11.0 Å². The van der Waals surface area contributed by atoms with E-state index in [4.69, 9.17) is 15.3 Å². The maximum atomic E-state index is 11.9. The molecule has 1 atom stereocenters. The van der Waals surface area contributed by atoms with E-state index >= 15 is 0 Å². The molecule has 1 aromatic heterocycles. The van der Waals surface area contributed by atoms with E-state index in [1.54, 1.807) is 24.3 Å². The smallest absolute Gasteiger partial charge is 0.287 e. The standard InChI is InChI=1S/C13H16N2O3/c1-2-10(7-16)15-13(17)12-6-8-5-9(14)3-4-11(8)18-12/h3-6,10,16H,2,7,14H2,1H3,(H,15,17). The van der Waals surface area contributed by atoms with E-state index in [1.165, 1.54) is 0 Å². The van der Waals surface area contributed by atoms with Crippen LogP contribution < -0.4 is 11.1 Å². The van der Waals surface area contributed by atoms with Gasteiger partial charge in [-0.2, -0.15) is 0 Å². The molecule has 0 fully saturated rings. The summed E-state index contributed by atoms with van der Waals surface area (Å²) in [6.45, 7) is 1.80. The second kappa shape index (κ2) is 5.10. The molecule has 1 unspecified atom stereocenters. The number of rotatable bonds is 4. The van der Waals surface area contributed by atoms with E-state index in [-0.39, 0.29) is 24.3 Å². The Kier molecular flexibility index (Phi) is 3.53. The molecule has 0 saturated carbocycles. The predicted octanol–water partition coefficient (Wildman–Crippen LogP) is 1.52. The van der Waals surface area contributed by atoms with E-state index in [9.17, 15) is 4.79 Å². The first kappa shape index (κ1) is 12.4. The molecule has 2 aromatic rings. The molecule has 5 heteroatoms. The topological polar surface area (TPSA) is 88.5 Å². The van der Waals surface area contributed by atoms with E-state index in [0.29, 0.717) is 17.7 Å². The zero-order valence-electron chi connectivity index (χ0n) is 10.1. The predicted molar refractivity (Wildman–Crippen MR) is 69.3 cm³/mol. The number of aliphatic hydroxyl groups excluding tert-OH is 1. The van der Waals surface area contributed by atoms with Crippen molar-refractivity contribution in [3.63, 3.8) is 0 Å². The Morgan fingerprint density at radius 1 is 1.50 bits per heavy atom. The Balaban J connectivity index is 2.23. The third-order valence-corrected chi connectivity index (χ3v) is 2.81. The molecule has 1 heterocycles. The van der Waals surface area contributed by atoms with Crippen molar-refractivity contribution < 1.29 is 14.3 Å². The zero-order chi connectivity index (χ0) is 13.1. The Morgan fingerprint density at radius 3 is 2.94 bits per heavy atom. The molecule has 96 valence electrons. The Labute approximate surface area is 105 Å². The number of nitrogen functional groups attached to an aromatic ring is 1. The van der Waals surface area contributed by atoms with E-state index in [1.807, 2.05) is 6.92 Å². The highest BCUT2D eigenvalue weighted by atomic mass is 16.3. The Morgan fingerprint density at radius 2 is 2.28 bits per heavy atom. The van der Waals surface area contributed by atoms with Gasteiger partial charge in [0.1, 0.15) is 5.58 Å². The monoisotopic (exact) mass is 248 g/mol. The fourth-order valence-electron chi connectivity index (χ4n) is 1.71. The lowest BCUT2D eigenvalue weighted by Gasteiger charge is -2.12. The molecule has 0 saturated heterocycles. The van der Waals surface area contributed by atoms with Crippen LogP contribution in [0.5, 0.6) is 0 Å². The number of nitrogens with two attached hydrogens (primary N) is 1. The SMILES string of the molecule is CCC(CO)NC(=O)c1cc2cc(N)ccc2o1. The van der Waals surface area contributed by atoms with E-state index in [0.717, 1.165) is 5.39 Å². The largest absolute Gasteiger partial charge is 0.451 e. The molecule has 2 rings (SSSR count). The molecule has 0 aliphatic rings. The van der Waals surface area contributed by atoms with Gasteiger partial charge in [0.25, 0.3) is 5.91 Å². The summed E-state index contributed by atoms with van der Waals surface area (Å²) in [6.07, 6.45) is 0.662. The van der Waals surface area contributed by atoms with Gasteiger partial charge in [-0.05, 0) is 30.7 Å². The lowest BCUT2D eigenvalue weighted by Crippen LogP contribution is -2.36. The first-order chi connectivity index (χ1) is 8.63. The lowest BCUT2D eigenvalue weighted by molar-refractivity contribution is 0.0889. The molecule has 0 bridgehead atoms. The molecule has 0 aliphatic heterocycles. The molecule has 0 spiro atoms. The van der Waals surface area contributed by atoms with Crippen molar-refractivity contribution in [2.75, 3.05) is 12.3 Å². The number of fused-ring (bicyclic) bond motifs is 1. The maximum Gasteiger partial charge on any atom is 0.287 e. The summed E-state index contributed by atoms with van der Waals surface area (Å²) in [5, 5.41) is 12.5. The second-order valence-electron chi connectivity index (χ2n) is 4.17. The fourth-order valence-corrected chi connectivity index (χ4v) is 1.71. The molecular weight excluding hydrogens is 232 g/mol. The van der Waals surface area contributed by atoms with Gasteiger partial charge in [0, 0.05) is 11.1 Å². The maximum absolute atomic E-state index is 11.9. The number of aliphatic hydroxyl groups is 1. The van der Waals surface area contributed by atoms with Crippen LogP contribution in [0.1, 0.15) is 23.9 Å². The summed E-state index contributed by atoms with van der Waals surface area (Å²) >= 11 is 0. The van der Waals surface area contributed by atoms with Crippen molar-refractivity contribution in [3.8, 4) is 0 Å². The molecular formula is C13H16N2O3. The highest BCUT2D eigenvalue weighted by molar-refractivity contribution is 5.96. The Hall–Kier alpha value is -2.01. The van der Waals surface area contributed by atoms with Crippen LogP contribution in [-0.2, 0) is 0 Å². The fraction of sp³-hybridized carbons (Fsp3) is 0.308. The molecule has 1 aromatic carbocycles. The van der Waals surface area contributed by atoms with Gasteiger partial charge in [0.05, 0.1) is 12.6 Å². The summed E-state index contributed by atoms with van der Waals surface area (Å²) in [7, 11) is 0. The van der Waals surface area contributed by atoms with Crippen LogP contribution in [0.15, 0.2) is 28.7 Å². The molecule has 18 heavy (non-hydrogen) atoms. The highest BCUT2D eigenvalue weighted by Crippen LogP contribution is 2.21. The molecule has 5 nitrogen and oxygen atoms in total. The zero-order valence-corrected chi connectivity index (χ0v) is 10.1. The van der Waals surface area contributed by atoms with Gasteiger partial charge >= 0.3 is 0 Å². The number of carbonyl (C=O) groups excluding carboxylic acids is 1. The van der Waals surface area contributed by atoms with E-state index in [2.05, 4.69) is 5.32 Å². The number of nitrogens with one attached hydrogen (secondary N) is 1. The average molecular weight is 248 g/mol. The quantitative estimate of drug-likeness (QED) is 0.716. The van der Waals surface area contributed by atoms with Crippen molar-refractivity contribution in [3.05, 3.63) is 30.0 Å². The van der Waals surface area contributed by atoms with Gasteiger partial charge in [0.2, 0.25) is 0 Å². The van der Waals surface area contributed by atoms with Gasteiger partial charge in [-0.15, -0.1) is 0 Å². The summed E-state index contributed by atoms with van der Waals surface area (Å²) in [4.78, 5) is 11.9. The minimum Gasteiger partial charge on any atom is -0.451 e. The number of benzene rings is 1. The normalized spacial score (nSPS) is 12.6. The lowest BCUT2D eigenvalue weighted by atomic mass is 10.2. The van der Waals surface area contributed by atoms with Crippen LogP contribution in [0, 0.1) is 0 Å². The number of hydrogen-bond acceptors (Lipinski definition) is 4. The number of anilines is 1. The van der Waals surface area contributed by atoms with Gasteiger partial charge in [-0.3, -0.25) is 4.79 Å². The minimum atomic E-state index is -0.328. The minimum absolute atomic E-state index is 0.0879. The average Bonchev–Trinajstić information content (AvgIpc) is 2.78. The molecule has 4 N–H and O–H groups in total. The third kappa shape index (κ3) is 2.46. The third-order valence-electron chi connectivity index (χ3n) is 2.81. The van der Waals surface area contributed by atoms with Crippen LogP contribution in [0.4, 0.5) is 5.69 Å². The number of carbonyl (C=O) groups is 1. The van der Waals surface area contributed by atoms with Crippen molar-refractivity contribution in [1.29, 1.82) is 0 Å². The van der Waals surface area contributed by atoms with Gasteiger partial charge < -0.3 is 20.6 Å². The first-order valence-electron chi connectivity index (χ1n) is 5.84. The Bertz CT molecular complexity index is 558. The van der Waals surface area contributed by atoms with Crippen molar-refractivity contribution in [1.82, 2.24) is 5.32 Å².